The molecule has 12 atom stereocenters. The summed E-state index contributed by atoms with van der Waals surface area (Å²) in [6, 6.07) is -1.65. The van der Waals surface area contributed by atoms with E-state index in [9.17, 15) is 34.3 Å². The van der Waals surface area contributed by atoms with Crippen molar-refractivity contribution in [3.63, 3.8) is 0 Å². The molecular formula is C30H50NO12P. The molecule has 44 heavy (non-hydrogen) atoms. The molecule has 0 aromatic heterocycles. The van der Waals surface area contributed by atoms with Crippen molar-refractivity contribution in [3.8, 4) is 0 Å². The van der Waals surface area contributed by atoms with Crippen LogP contribution in [-0.4, -0.2) is 79.3 Å². The van der Waals surface area contributed by atoms with Gasteiger partial charge in [-0.05, 0) is 104 Å². The van der Waals surface area contributed by atoms with Gasteiger partial charge in [-0.25, -0.2) is 9.65 Å². The highest BCUT2D eigenvalue weighted by molar-refractivity contribution is 7.49. The first-order chi connectivity index (χ1) is 20.5. The molecule has 0 aliphatic heterocycles. The molecule has 0 radical (unpaired) electrons. The number of hydrogen-bond donors (Lipinski definition) is 7. The van der Waals surface area contributed by atoms with Crippen molar-refractivity contribution >= 4 is 25.7 Å². The van der Waals surface area contributed by atoms with E-state index in [4.69, 9.17) is 24.4 Å². The zero-order chi connectivity index (χ0) is 32.6. The van der Waals surface area contributed by atoms with Gasteiger partial charge in [-0.15, -0.1) is 0 Å². The fraction of sp³-hybridized carbons (Fsp3) is 0.900. The van der Waals surface area contributed by atoms with E-state index >= 15 is 0 Å². The number of esters is 2. The first-order valence-electron chi connectivity index (χ1n) is 15.9. The van der Waals surface area contributed by atoms with Gasteiger partial charge in [0.05, 0.1) is 18.3 Å². The number of carboxylic acids is 1. The second-order valence-corrected chi connectivity index (χ2v) is 15.6. The number of aliphatic hydroxyl groups excluding tert-OH is 3. The van der Waals surface area contributed by atoms with Gasteiger partial charge in [0.1, 0.15) is 6.04 Å². The monoisotopic (exact) mass is 647 g/mol. The molecule has 0 heterocycles. The molecule has 0 amide bonds. The number of hydrogen-bond acceptors (Lipinski definition) is 9. The van der Waals surface area contributed by atoms with Crippen LogP contribution in [0.1, 0.15) is 91.4 Å². The molecule has 14 heteroatoms. The molecule has 0 aromatic rings. The molecule has 4 aliphatic carbocycles. The Morgan fingerprint density at radius 3 is 2.18 bits per heavy atom. The van der Waals surface area contributed by atoms with Crippen LogP contribution in [0.5, 0.6) is 0 Å². The summed E-state index contributed by atoms with van der Waals surface area (Å²) in [7, 11) is -4.81. The van der Waals surface area contributed by atoms with E-state index in [0.717, 1.165) is 25.7 Å². The third kappa shape index (κ3) is 7.35. The van der Waals surface area contributed by atoms with Gasteiger partial charge in [-0.3, -0.25) is 14.4 Å². The average molecular weight is 648 g/mol. The number of carbonyl (C=O) groups excluding carboxylic acids is 2. The lowest BCUT2D eigenvalue weighted by molar-refractivity contribution is -0.207. The van der Waals surface area contributed by atoms with Gasteiger partial charge >= 0.3 is 25.7 Å². The Morgan fingerprint density at radius 1 is 0.932 bits per heavy atom. The molecule has 4 aliphatic rings. The van der Waals surface area contributed by atoms with E-state index in [1.165, 1.54) is 0 Å². The Morgan fingerprint density at radius 2 is 1.57 bits per heavy atom. The number of rotatable bonds is 12. The maximum Gasteiger partial charge on any atom is 0.401 e. The van der Waals surface area contributed by atoms with Crippen molar-refractivity contribution in [1.82, 2.24) is 5.09 Å². The molecular weight excluding hydrogens is 597 g/mol. The van der Waals surface area contributed by atoms with Crippen LogP contribution in [-0.2, 0) is 28.4 Å². The number of carboxylic acid groups (broad SMARTS) is 1. The summed E-state index contributed by atoms with van der Waals surface area (Å²) < 4.78 is 20.8. The van der Waals surface area contributed by atoms with Gasteiger partial charge in [-0.1, -0.05) is 20.8 Å². The number of nitrogens with one attached hydrogen (secondary N) is 1. The molecule has 4 saturated carbocycles. The van der Waals surface area contributed by atoms with Gasteiger partial charge in [0.15, 0.2) is 0 Å². The summed E-state index contributed by atoms with van der Waals surface area (Å²) in [6.45, 7) is 5.87. The number of carbonyl (C=O) groups is 3. The van der Waals surface area contributed by atoms with E-state index < -0.39 is 63.5 Å². The Bertz CT molecular complexity index is 1120. The summed E-state index contributed by atoms with van der Waals surface area (Å²) in [5.41, 5.74) is -0.388. The molecule has 252 valence electrons. The van der Waals surface area contributed by atoms with Crippen molar-refractivity contribution in [3.05, 3.63) is 0 Å². The van der Waals surface area contributed by atoms with E-state index in [1.54, 1.807) is 5.09 Å². The van der Waals surface area contributed by atoms with Gasteiger partial charge in [-0.2, -0.15) is 0 Å². The van der Waals surface area contributed by atoms with Crippen LogP contribution in [0.25, 0.3) is 0 Å². The largest absolute Gasteiger partial charge is 0.480 e. The molecule has 0 spiro atoms. The number of aliphatic hydroxyl groups is 3. The molecule has 7 N–H and O–H groups in total. The first kappa shape index (κ1) is 35.3. The molecule has 0 saturated heterocycles. The zero-order valence-electron chi connectivity index (χ0n) is 25.8. The third-order valence-corrected chi connectivity index (χ3v) is 12.7. The van der Waals surface area contributed by atoms with Crippen LogP contribution in [0.4, 0.5) is 0 Å². The number of aliphatic carboxylic acids is 1. The predicted octanol–water partition coefficient (Wildman–Crippen LogP) is 2.32. The summed E-state index contributed by atoms with van der Waals surface area (Å²) in [4.78, 5) is 53.2. The van der Waals surface area contributed by atoms with E-state index in [-0.39, 0.29) is 58.9 Å². The van der Waals surface area contributed by atoms with Crippen molar-refractivity contribution in [1.29, 1.82) is 0 Å². The van der Waals surface area contributed by atoms with Crippen LogP contribution in [0.2, 0.25) is 0 Å². The van der Waals surface area contributed by atoms with Crippen LogP contribution in [0.3, 0.4) is 0 Å². The zero-order valence-corrected chi connectivity index (χ0v) is 26.7. The lowest BCUT2D eigenvalue weighted by Gasteiger charge is -2.63. The summed E-state index contributed by atoms with van der Waals surface area (Å²) in [6.07, 6.45) is 3.94. The molecule has 0 aromatic carbocycles. The molecule has 13 nitrogen and oxygen atoms in total. The summed E-state index contributed by atoms with van der Waals surface area (Å²) in [5.74, 6) is -1.99. The second-order valence-electron chi connectivity index (χ2n) is 14.3. The normalized spacial score (nSPS) is 39.7. The quantitative estimate of drug-likeness (QED) is 0.0920. The van der Waals surface area contributed by atoms with Crippen LogP contribution < -0.4 is 5.09 Å². The Kier molecular flexibility index (Phi) is 10.9. The maximum absolute atomic E-state index is 12.4. The van der Waals surface area contributed by atoms with E-state index in [0.29, 0.717) is 25.7 Å². The SMILES string of the molecule is C[C@H](CCC(=O)OCOC(=O)CCC(NP(=O)(O)O)C(=O)O)C1CCC2C3C(C[C@H](O)[C@@]21C)[C@@]1(C)CC[C@@H](O)C[C@H]1C[C@H]3O. The smallest absolute Gasteiger partial charge is 0.401 e. The molecule has 4 rings (SSSR count). The number of fused-ring (bicyclic) bond motifs is 5. The Labute approximate surface area is 258 Å². The third-order valence-electron chi connectivity index (χ3n) is 12.0. The molecule has 4 fully saturated rings. The maximum atomic E-state index is 12.4. The highest BCUT2D eigenvalue weighted by Gasteiger charge is 2.65. The first-order valence-corrected chi connectivity index (χ1v) is 17.5. The van der Waals surface area contributed by atoms with Crippen LogP contribution in [0, 0.1) is 46.3 Å². The lowest BCUT2D eigenvalue weighted by Crippen LogP contribution is -2.62. The van der Waals surface area contributed by atoms with Gasteiger partial charge < -0.3 is 39.7 Å². The van der Waals surface area contributed by atoms with E-state index in [1.807, 2.05) is 0 Å². The average Bonchev–Trinajstić information content (AvgIpc) is 3.29. The summed E-state index contributed by atoms with van der Waals surface area (Å²) >= 11 is 0. The molecule has 0 bridgehead atoms. The fourth-order valence-electron chi connectivity index (χ4n) is 9.69. The minimum absolute atomic E-state index is 0.000112. The minimum Gasteiger partial charge on any atom is -0.480 e. The van der Waals surface area contributed by atoms with Crippen molar-refractivity contribution in [2.75, 3.05) is 6.79 Å². The Balaban J connectivity index is 1.26. The van der Waals surface area contributed by atoms with E-state index in [2.05, 4.69) is 20.8 Å². The number of ether oxygens (including phenoxy) is 2. The minimum atomic E-state index is -4.81. The van der Waals surface area contributed by atoms with Gasteiger partial charge in [0.2, 0.25) is 6.79 Å². The van der Waals surface area contributed by atoms with Crippen molar-refractivity contribution in [2.45, 2.75) is 116 Å². The van der Waals surface area contributed by atoms with Crippen LogP contribution >= 0.6 is 7.75 Å². The topological polar surface area (TPSA) is 220 Å². The highest BCUT2D eigenvalue weighted by atomic mass is 31.2. The fourth-order valence-corrected chi connectivity index (χ4v) is 10.3. The molecule has 5 unspecified atom stereocenters. The van der Waals surface area contributed by atoms with Gasteiger partial charge in [0, 0.05) is 12.8 Å². The standard InChI is InChI=1S/C30H50NO12P/c1-16(4-8-25(35)42-15-43-26(36)9-7-22(28(37)38)31-44(39,40)41)19-5-6-20-27-21(14-24(34)30(19,20)3)29(2)11-10-18(32)12-17(29)13-23(27)33/h16-24,27,32-34H,4-15H2,1-3H3,(H,37,38)(H3,31,39,40,41)/t16-,17+,18-,19?,20?,21?,22?,23-,24+,27?,29+,30-/m1/s1. The van der Waals surface area contributed by atoms with Crippen molar-refractivity contribution in [2.24, 2.45) is 46.3 Å². The second kappa shape index (κ2) is 13.6. The van der Waals surface area contributed by atoms with Crippen LogP contribution in [0.15, 0.2) is 0 Å². The van der Waals surface area contributed by atoms with Crippen molar-refractivity contribution < 1.29 is 58.6 Å². The Hall–Kier alpha value is -1.60. The lowest BCUT2D eigenvalue weighted by atomic mass is 9.43. The van der Waals surface area contributed by atoms with Gasteiger partial charge in [0.25, 0.3) is 0 Å². The highest BCUT2D eigenvalue weighted by Crippen LogP contribution is 2.68. The predicted molar refractivity (Wildman–Crippen MR) is 155 cm³/mol. The summed E-state index contributed by atoms with van der Waals surface area (Å²) in [5, 5.41) is 44.1.